The van der Waals surface area contributed by atoms with Crippen molar-refractivity contribution < 1.29 is 4.74 Å². The molecule has 0 saturated carbocycles. The predicted molar refractivity (Wildman–Crippen MR) is 56.9 cm³/mol. The normalized spacial score (nSPS) is 25.4. The molecular weight excluding hydrogens is 194 g/mol. The van der Waals surface area contributed by atoms with Gasteiger partial charge in [-0.15, -0.1) is 0 Å². The molecule has 1 aromatic heterocycles. The maximum absolute atomic E-state index is 11.3. The van der Waals surface area contributed by atoms with Crippen LogP contribution in [0.4, 0.5) is 5.82 Å². The van der Waals surface area contributed by atoms with Gasteiger partial charge in [0, 0.05) is 31.5 Å². The summed E-state index contributed by atoms with van der Waals surface area (Å²) >= 11 is 0. The molecule has 2 N–H and O–H groups in total. The Morgan fingerprint density at radius 3 is 3.27 bits per heavy atom. The van der Waals surface area contributed by atoms with E-state index in [1.165, 1.54) is 6.20 Å². The zero-order valence-electron chi connectivity index (χ0n) is 8.69. The van der Waals surface area contributed by atoms with E-state index in [1.807, 2.05) is 0 Å². The summed E-state index contributed by atoms with van der Waals surface area (Å²) in [6.07, 6.45) is 4.40. The minimum Gasteiger partial charge on any atom is -0.378 e. The molecule has 1 aliphatic heterocycles. The Balaban J connectivity index is 1.93. The van der Waals surface area contributed by atoms with Gasteiger partial charge in [0.25, 0.3) is 5.56 Å². The highest BCUT2D eigenvalue weighted by atomic mass is 16.5. The van der Waals surface area contributed by atoms with Gasteiger partial charge in [-0.25, -0.2) is 4.98 Å². The van der Waals surface area contributed by atoms with Gasteiger partial charge in [-0.3, -0.25) is 4.79 Å². The minimum atomic E-state index is -0.177. The summed E-state index contributed by atoms with van der Waals surface area (Å²) in [4.78, 5) is 17.8. The molecule has 0 aliphatic carbocycles. The van der Waals surface area contributed by atoms with E-state index in [0.717, 1.165) is 19.6 Å². The van der Waals surface area contributed by atoms with Crippen LogP contribution in [0.5, 0.6) is 0 Å². The van der Waals surface area contributed by atoms with Gasteiger partial charge < -0.3 is 15.0 Å². The molecule has 2 rings (SSSR count). The van der Waals surface area contributed by atoms with E-state index in [2.05, 4.69) is 22.2 Å². The number of ether oxygens (including phenoxy) is 1. The fourth-order valence-electron chi connectivity index (χ4n) is 1.75. The average Bonchev–Trinajstić information content (AvgIpc) is 2.63. The minimum absolute atomic E-state index is 0.177. The summed E-state index contributed by atoms with van der Waals surface area (Å²) in [5.74, 6) is 0.850. The quantitative estimate of drug-likeness (QED) is 0.765. The molecule has 15 heavy (non-hydrogen) atoms. The molecule has 1 saturated heterocycles. The molecule has 5 nitrogen and oxygen atoms in total. The molecule has 1 fully saturated rings. The SMILES string of the molecule is CC1OCCC1CNc1ncc[nH]c1=O. The van der Waals surface area contributed by atoms with Gasteiger partial charge in [0.05, 0.1) is 6.10 Å². The van der Waals surface area contributed by atoms with Crippen LogP contribution in [-0.2, 0) is 4.74 Å². The van der Waals surface area contributed by atoms with E-state index in [-0.39, 0.29) is 11.7 Å². The summed E-state index contributed by atoms with van der Waals surface area (Å²) in [7, 11) is 0. The summed E-state index contributed by atoms with van der Waals surface area (Å²) in [6.45, 7) is 3.61. The first kappa shape index (κ1) is 10.2. The third kappa shape index (κ3) is 2.36. The molecule has 1 aliphatic rings. The lowest BCUT2D eigenvalue weighted by molar-refractivity contribution is 0.108. The van der Waals surface area contributed by atoms with Gasteiger partial charge >= 0.3 is 0 Å². The Hall–Kier alpha value is -1.36. The fraction of sp³-hybridized carbons (Fsp3) is 0.600. The predicted octanol–water partition coefficient (Wildman–Crippen LogP) is 0.607. The van der Waals surface area contributed by atoms with Crippen LogP contribution in [0.2, 0.25) is 0 Å². The molecule has 0 bridgehead atoms. The van der Waals surface area contributed by atoms with Crippen molar-refractivity contribution in [3.05, 3.63) is 22.7 Å². The van der Waals surface area contributed by atoms with Crippen LogP contribution in [0.1, 0.15) is 13.3 Å². The van der Waals surface area contributed by atoms with E-state index in [9.17, 15) is 4.79 Å². The molecule has 1 aromatic rings. The molecule has 0 radical (unpaired) electrons. The Morgan fingerprint density at radius 2 is 2.60 bits per heavy atom. The van der Waals surface area contributed by atoms with Crippen LogP contribution in [-0.4, -0.2) is 29.2 Å². The van der Waals surface area contributed by atoms with Crippen LogP contribution in [0.25, 0.3) is 0 Å². The molecule has 82 valence electrons. The van der Waals surface area contributed by atoms with Crippen molar-refractivity contribution in [3.63, 3.8) is 0 Å². The summed E-state index contributed by atoms with van der Waals surface area (Å²) in [5, 5.41) is 3.05. The van der Waals surface area contributed by atoms with Gasteiger partial charge in [0.1, 0.15) is 0 Å². The number of aromatic nitrogens is 2. The third-order valence-electron chi connectivity index (χ3n) is 2.77. The highest BCUT2D eigenvalue weighted by Crippen LogP contribution is 2.19. The zero-order chi connectivity index (χ0) is 10.7. The van der Waals surface area contributed by atoms with Crippen LogP contribution in [0.3, 0.4) is 0 Å². The number of nitrogens with zero attached hydrogens (tertiary/aromatic N) is 1. The molecule has 0 aromatic carbocycles. The van der Waals surface area contributed by atoms with E-state index in [4.69, 9.17) is 4.74 Å². The highest BCUT2D eigenvalue weighted by molar-refractivity contribution is 5.30. The maximum atomic E-state index is 11.3. The molecule has 2 unspecified atom stereocenters. The number of aromatic amines is 1. The van der Waals surface area contributed by atoms with Crippen LogP contribution in [0.15, 0.2) is 17.2 Å². The van der Waals surface area contributed by atoms with Crippen molar-refractivity contribution >= 4 is 5.82 Å². The van der Waals surface area contributed by atoms with Crippen molar-refractivity contribution in [2.24, 2.45) is 5.92 Å². The molecule has 5 heteroatoms. The van der Waals surface area contributed by atoms with Gasteiger partial charge in [-0.2, -0.15) is 0 Å². The molecule has 0 amide bonds. The Labute approximate surface area is 87.9 Å². The van der Waals surface area contributed by atoms with Gasteiger partial charge in [0.15, 0.2) is 5.82 Å². The van der Waals surface area contributed by atoms with Gasteiger partial charge in [-0.05, 0) is 13.3 Å². The lowest BCUT2D eigenvalue weighted by Gasteiger charge is -2.14. The maximum Gasteiger partial charge on any atom is 0.290 e. The molecule has 2 heterocycles. The number of rotatable bonds is 3. The first-order chi connectivity index (χ1) is 7.27. The van der Waals surface area contributed by atoms with E-state index in [1.54, 1.807) is 6.20 Å². The lowest BCUT2D eigenvalue weighted by atomic mass is 10.0. The topological polar surface area (TPSA) is 67.0 Å². The van der Waals surface area contributed by atoms with E-state index in [0.29, 0.717) is 11.7 Å². The first-order valence-electron chi connectivity index (χ1n) is 5.16. The number of hydrogen-bond donors (Lipinski definition) is 2. The highest BCUT2D eigenvalue weighted by Gasteiger charge is 2.23. The average molecular weight is 209 g/mol. The van der Waals surface area contributed by atoms with Crippen LogP contribution >= 0.6 is 0 Å². The number of nitrogens with one attached hydrogen (secondary N) is 2. The monoisotopic (exact) mass is 209 g/mol. The van der Waals surface area contributed by atoms with Crippen molar-refractivity contribution in [3.8, 4) is 0 Å². The summed E-state index contributed by atoms with van der Waals surface area (Å²) in [6, 6.07) is 0. The smallest absolute Gasteiger partial charge is 0.290 e. The van der Waals surface area contributed by atoms with Crippen molar-refractivity contribution in [2.75, 3.05) is 18.5 Å². The number of anilines is 1. The van der Waals surface area contributed by atoms with Crippen molar-refractivity contribution in [1.82, 2.24) is 9.97 Å². The largest absolute Gasteiger partial charge is 0.378 e. The Morgan fingerprint density at radius 1 is 1.73 bits per heavy atom. The summed E-state index contributed by atoms with van der Waals surface area (Å²) < 4.78 is 5.44. The second kappa shape index (κ2) is 4.44. The molecular formula is C10H15N3O2. The van der Waals surface area contributed by atoms with Crippen molar-refractivity contribution in [1.29, 1.82) is 0 Å². The second-order valence-electron chi connectivity index (χ2n) is 3.77. The number of hydrogen-bond acceptors (Lipinski definition) is 4. The Bertz CT molecular complexity index is 377. The van der Waals surface area contributed by atoms with Crippen LogP contribution in [0, 0.1) is 5.92 Å². The van der Waals surface area contributed by atoms with Crippen molar-refractivity contribution in [2.45, 2.75) is 19.4 Å². The zero-order valence-corrected chi connectivity index (χ0v) is 8.69. The van der Waals surface area contributed by atoms with Crippen LogP contribution < -0.4 is 10.9 Å². The number of H-pyrrole nitrogens is 1. The summed E-state index contributed by atoms with van der Waals surface area (Å²) in [5.41, 5.74) is -0.177. The van der Waals surface area contributed by atoms with Gasteiger partial charge in [-0.1, -0.05) is 0 Å². The lowest BCUT2D eigenvalue weighted by Crippen LogP contribution is -2.24. The second-order valence-corrected chi connectivity index (χ2v) is 3.77. The molecule has 2 atom stereocenters. The van der Waals surface area contributed by atoms with E-state index >= 15 is 0 Å². The standard InChI is InChI=1S/C10H15N3O2/c1-7-8(2-5-15-7)6-13-9-10(14)12-4-3-11-9/h3-4,7-8H,2,5-6H2,1H3,(H,11,13)(H,12,14). The molecule has 0 spiro atoms. The Kier molecular flexibility index (Phi) is 3.01. The van der Waals surface area contributed by atoms with E-state index < -0.39 is 0 Å². The fourth-order valence-corrected chi connectivity index (χ4v) is 1.75. The first-order valence-corrected chi connectivity index (χ1v) is 5.16. The third-order valence-corrected chi connectivity index (χ3v) is 2.77. The van der Waals surface area contributed by atoms with Gasteiger partial charge in [0.2, 0.25) is 0 Å².